The molecular formula is C16H23NO3S. The fourth-order valence-corrected chi connectivity index (χ4v) is 3.35. The highest BCUT2D eigenvalue weighted by Gasteiger charge is 2.22. The van der Waals surface area contributed by atoms with Crippen LogP contribution in [0.4, 0.5) is 0 Å². The van der Waals surface area contributed by atoms with Crippen LogP contribution in [0.25, 0.3) is 0 Å². The number of amides is 1. The number of nitrogens with zero attached hydrogens (tertiary/aromatic N) is 1. The first-order valence-corrected chi connectivity index (χ1v) is 9.28. The normalized spacial score (nSPS) is 20.1. The monoisotopic (exact) mass is 309 g/mol. The molecule has 1 aliphatic rings. The molecule has 4 nitrogen and oxygen atoms in total. The third-order valence-corrected chi connectivity index (χ3v) is 5.28. The number of carbonyl (C=O) groups is 1. The van der Waals surface area contributed by atoms with Crippen molar-refractivity contribution in [3.8, 4) is 0 Å². The molecule has 0 saturated carbocycles. The van der Waals surface area contributed by atoms with Crippen LogP contribution in [-0.4, -0.2) is 38.6 Å². The molecule has 1 amide bonds. The van der Waals surface area contributed by atoms with Crippen LogP contribution in [-0.2, 0) is 9.84 Å². The van der Waals surface area contributed by atoms with Gasteiger partial charge in [-0.2, -0.15) is 0 Å². The third-order valence-electron chi connectivity index (χ3n) is 4.17. The summed E-state index contributed by atoms with van der Waals surface area (Å²) in [5, 5.41) is 0. The Hall–Kier alpha value is -1.36. The average molecular weight is 309 g/mol. The first kappa shape index (κ1) is 16.0. The number of hydrogen-bond acceptors (Lipinski definition) is 3. The Balaban J connectivity index is 2.30. The van der Waals surface area contributed by atoms with E-state index in [1.54, 1.807) is 12.1 Å². The summed E-state index contributed by atoms with van der Waals surface area (Å²) in [5.41, 5.74) is 1.33. The van der Waals surface area contributed by atoms with Crippen molar-refractivity contribution in [2.75, 3.05) is 19.3 Å². The van der Waals surface area contributed by atoms with Crippen molar-refractivity contribution >= 4 is 15.7 Å². The largest absolute Gasteiger partial charge is 0.339 e. The van der Waals surface area contributed by atoms with Crippen LogP contribution in [0, 0.1) is 12.8 Å². The van der Waals surface area contributed by atoms with Crippen LogP contribution in [0.2, 0.25) is 0 Å². The number of hydrogen-bond donors (Lipinski definition) is 0. The zero-order valence-electron chi connectivity index (χ0n) is 12.9. The van der Waals surface area contributed by atoms with Gasteiger partial charge in [0.2, 0.25) is 0 Å². The summed E-state index contributed by atoms with van der Waals surface area (Å²) >= 11 is 0. The smallest absolute Gasteiger partial charge is 0.254 e. The maximum Gasteiger partial charge on any atom is 0.254 e. The molecule has 116 valence electrons. The maximum atomic E-state index is 12.7. The third kappa shape index (κ3) is 3.84. The molecule has 1 aliphatic heterocycles. The lowest BCUT2D eigenvalue weighted by Gasteiger charge is -2.21. The highest BCUT2D eigenvalue weighted by molar-refractivity contribution is 7.90. The molecule has 0 bridgehead atoms. The van der Waals surface area contributed by atoms with E-state index in [-0.39, 0.29) is 10.8 Å². The number of aryl methyl sites for hydroxylation is 1. The Morgan fingerprint density at radius 3 is 2.62 bits per heavy atom. The Morgan fingerprint density at radius 2 is 1.95 bits per heavy atom. The minimum Gasteiger partial charge on any atom is -0.339 e. The molecule has 0 aliphatic carbocycles. The highest BCUT2D eigenvalue weighted by Crippen LogP contribution is 2.21. The van der Waals surface area contributed by atoms with Crippen LogP contribution in [0.1, 0.15) is 42.1 Å². The standard InChI is InChI=1S/C16H23NO3S/c1-12-5-4-9-17(10-8-12)16(18)15-11-14(21(3,19)20)7-6-13(15)2/h6-7,11-12H,4-5,8-10H2,1-3H3. The van der Waals surface area contributed by atoms with Gasteiger partial charge in [0, 0.05) is 24.9 Å². The van der Waals surface area contributed by atoms with Gasteiger partial charge in [0.15, 0.2) is 9.84 Å². The second-order valence-electron chi connectivity index (χ2n) is 6.08. The van der Waals surface area contributed by atoms with Crippen molar-refractivity contribution in [2.24, 2.45) is 5.92 Å². The van der Waals surface area contributed by atoms with Gasteiger partial charge in [-0.3, -0.25) is 4.79 Å². The fraction of sp³-hybridized carbons (Fsp3) is 0.562. The van der Waals surface area contributed by atoms with Crippen LogP contribution < -0.4 is 0 Å². The Morgan fingerprint density at radius 1 is 1.24 bits per heavy atom. The van der Waals surface area contributed by atoms with Gasteiger partial charge in [0.05, 0.1) is 4.90 Å². The lowest BCUT2D eigenvalue weighted by atomic mass is 10.0. The second kappa shape index (κ2) is 6.18. The molecule has 1 saturated heterocycles. The molecule has 1 aromatic rings. The summed E-state index contributed by atoms with van der Waals surface area (Å²) in [5.74, 6) is 0.596. The van der Waals surface area contributed by atoms with E-state index in [0.717, 1.165) is 37.9 Å². The molecule has 0 spiro atoms. The predicted octanol–water partition coefficient (Wildman–Crippen LogP) is 2.66. The van der Waals surface area contributed by atoms with Gasteiger partial charge in [-0.1, -0.05) is 13.0 Å². The maximum absolute atomic E-state index is 12.7. The molecule has 1 fully saturated rings. The Kier molecular flexibility index (Phi) is 4.71. The van der Waals surface area contributed by atoms with Crippen LogP contribution in [0.5, 0.6) is 0 Å². The lowest BCUT2D eigenvalue weighted by molar-refractivity contribution is 0.0759. The Labute approximate surface area is 127 Å². The van der Waals surface area contributed by atoms with E-state index >= 15 is 0 Å². The molecule has 1 heterocycles. The SMILES string of the molecule is Cc1ccc(S(C)(=O)=O)cc1C(=O)N1CCCC(C)CC1. The van der Waals surface area contributed by atoms with Crippen LogP contribution >= 0.6 is 0 Å². The van der Waals surface area contributed by atoms with E-state index in [1.807, 2.05) is 11.8 Å². The summed E-state index contributed by atoms with van der Waals surface area (Å²) in [4.78, 5) is 14.8. The quantitative estimate of drug-likeness (QED) is 0.844. The van der Waals surface area contributed by atoms with Crippen molar-refractivity contribution in [1.29, 1.82) is 0 Å². The van der Waals surface area contributed by atoms with E-state index in [1.165, 1.54) is 12.3 Å². The molecule has 5 heteroatoms. The fourth-order valence-electron chi connectivity index (χ4n) is 2.70. The van der Waals surface area contributed by atoms with E-state index < -0.39 is 9.84 Å². The van der Waals surface area contributed by atoms with Crippen molar-refractivity contribution in [2.45, 2.75) is 38.0 Å². The number of carbonyl (C=O) groups excluding carboxylic acids is 1. The van der Waals surface area contributed by atoms with Gasteiger partial charge in [0.25, 0.3) is 5.91 Å². The molecule has 0 aromatic heterocycles. The van der Waals surface area contributed by atoms with Crippen molar-refractivity contribution in [1.82, 2.24) is 4.90 Å². The van der Waals surface area contributed by atoms with E-state index in [9.17, 15) is 13.2 Å². The lowest BCUT2D eigenvalue weighted by Crippen LogP contribution is -2.32. The van der Waals surface area contributed by atoms with E-state index in [4.69, 9.17) is 0 Å². The molecule has 21 heavy (non-hydrogen) atoms. The second-order valence-corrected chi connectivity index (χ2v) is 8.09. The molecule has 0 radical (unpaired) electrons. The van der Waals surface area contributed by atoms with Crippen molar-refractivity contribution in [3.63, 3.8) is 0 Å². The molecular weight excluding hydrogens is 286 g/mol. The molecule has 1 unspecified atom stereocenters. The van der Waals surface area contributed by atoms with Gasteiger partial charge in [-0.15, -0.1) is 0 Å². The molecule has 0 N–H and O–H groups in total. The molecule has 1 atom stereocenters. The van der Waals surface area contributed by atoms with Gasteiger partial charge in [-0.25, -0.2) is 8.42 Å². The summed E-state index contributed by atoms with van der Waals surface area (Å²) < 4.78 is 23.3. The number of sulfone groups is 1. The number of rotatable bonds is 2. The van der Waals surface area contributed by atoms with Gasteiger partial charge in [0.1, 0.15) is 0 Å². The topological polar surface area (TPSA) is 54.5 Å². The number of benzene rings is 1. The van der Waals surface area contributed by atoms with E-state index in [2.05, 4.69) is 6.92 Å². The summed E-state index contributed by atoms with van der Waals surface area (Å²) in [7, 11) is -3.29. The summed E-state index contributed by atoms with van der Waals surface area (Å²) in [6.45, 7) is 5.57. The predicted molar refractivity (Wildman–Crippen MR) is 83.2 cm³/mol. The van der Waals surface area contributed by atoms with Crippen molar-refractivity contribution in [3.05, 3.63) is 29.3 Å². The minimum absolute atomic E-state index is 0.0490. The van der Waals surface area contributed by atoms with Crippen molar-refractivity contribution < 1.29 is 13.2 Å². The van der Waals surface area contributed by atoms with E-state index in [0.29, 0.717) is 11.5 Å². The zero-order chi connectivity index (χ0) is 15.6. The Bertz CT molecular complexity index is 637. The average Bonchev–Trinajstić information content (AvgIpc) is 2.62. The van der Waals surface area contributed by atoms with Gasteiger partial charge in [-0.05, 0) is 49.8 Å². The van der Waals surface area contributed by atoms with Gasteiger partial charge < -0.3 is 4.90 Å². The van der Waals surface area contributed by atoms with Gasteiger partial charge >= 0.3 is 0 Å². The minimum atomic E-state index is -3.29. The summed E-state index contributed by atoms with van der Waals surface area (Å²) in [6.07, 6.45) is 4.33. The molecule has 1 aromatic carbocycles. The van der Waals surface area contributed by atoms with Crippen LogP contribution in [0.15, 0.2) is 23.1 Å². The summed E-state index contributed by atoms with van der Waals surface area (Å²) in [6, 6.07) is 4.79. The number of likely N-dealkylation sites (tertiary alicyclic amines) is 1. The zero-order valence-corrected chi connectivity index (χ0v) is 13.7. The molecule has 2 rings (SSSR count). The van der Waals surface area contributed by atoms with Crippen LogP contribution in [0.3, 0.4) is 0 Å². The first-order chi connectivity index (χ1) is 9.79. The first-order valence-electron chi connectivity index (χ1n) is 7.39. The highest BCUT2D eigenvalue weighted by atomic mass is 32.2.